The van der Waals surface area contributed by atoms with Crippen molar-refractivity contribution in [1.82, 2.24) is 0 Å². The highest BCUT2D eigenvalue weighted by Crippen LogP contribution is 2.25. The molecule has 0 amide bonds. The van der Waals surface area contributed by atoms with Gasteiger partial charge in [0, 0.05) is 10.8 Å². The molecule has 0 aromatic carbocycles. The Kier molecular flexibility index (Phi) is 3.11. The second-order valence-electron chi connectivity index (χ2n) is 2.86. The van der Waals surface area contributed by atoms with Crippen molar-refractivity contribution in [2.24, 2.45) is 0 Å². The van der Waals surface area contributed by atoms with Gasteiger partial charge in [-0.3, -0.25) is 0 Å². The first-order valence-electron chi connectivity index (χ1n) is 4.12. The van der Waals surface area contributed by atoms with E-state index >= 15 is 0 Å². The lowest BCUT2D eigenvalue weighted by Crippen LogP contribution is -1.77. The number of halogens is 4. The third kappa shape index (κ3) is 2.03. The van der Waals surface area contributed by atoms with Crippen LogP contribution < -0.4 is 0 Å². The molecular formula is C10H4F4S2. The highest BCUT2D eigenvalue weighted by atomic mass is 32.1. The zero-order valence-corrected chi connectivity index (χ0v) is 9.27. The molecule has 0 nitrogen and oxygen atoms in total. The van der Waals surface area contributed by atoms with E-state index in [1.165, 1.54) is 12.2 Å². The molecule has 0 N–H and O–H groups in total. The Labute approximate surface area is 96.5 Å². The molecule has 16 heavy (non-hydrogen) atoms. The first-order chi connectivity index (χ1) is 7.59. The molecule has 0 bridgehead atoms. The van der Waals surface area contributed by atoms with Crippen molar-refractivity contribution in [3.05, 3.63) is 43.8 Å². The number of hydrogen-bond acceptors (Lipinski definition) is 2. The number of thiophene rings is 2. The summed E-state index contributed by atoms with van der Waals surface area (Å²) in [6.45, 7) is 0. The average molecular weight is 264 g/mol. The van der Waals surface area contributed by atoms with Crippen molar-refractivity contribution in [2.75, 3.05) is 0 Å². The molecular weight excluding hydrogens is 260 g/mol. The van der Waals surface area contributed by atoms with E-state index in [1.54, 1.807) is 0 Å². The summed E-state index contributed by atoms with van der Waals surface area (Å²) in [5.74, 6) is -3.83. The number of hydrogen-bond donors (Lipinski definition) is 0. The molecule has 6 heteroatoms. The second kappa shape index (κ2) is 4.39. The van der Waals surface area contributed by atoms with Crippen LogP contribution in [-0.2, 0) is 0 Å². The van der Waals surface area contributed by atoms with Crippen molar-refractivity contribution < 1.29 is 17.6 Å². The molecule has 0 fully saturated rings. The minimum Gasteiger partial charge on any atom is -0.203 e. The van der Waals surface area contributed by atoms with Crippen LogP contribution in [-0.4, -0.2) is 0 Å². The summed E-state index contributed by atoms with van der Waals surface area (Å²) >= 11 is 1.72. The van der Waals surface area contributed by atoms with Gasteiger partial charge in [0.25, 0.3) is 0 Å². The first-order valence-corrected chi connectivity index (χ1v) is 5.88. The Balaban J connectivity index is 2.28. The maximum atomic E-state index is 13.0. The van der Waals surface area contributed by atoms with Gasteiger partial charge in [-0.15, -0.1) is 22.7 Å². The van der Waals surface area contributed by atoms with Crippen LogP contribution in [0.5, 0.6) is 0 Å². The van der Waals surface area contributed by atoms with E-state index in [1.807, 2.05) is 0 Å². The standard InChI is InChI=1S/C10H4F4S2/c11-5-3-15-7(9(5)13)1-2-8-10(14)6(12)4-16-8/h1-4H/b2-1+. The van der Waals surface area contributed by atoms with Crippen LogP contribution in [0.2, 0.25) is 0 Å². The van der Waals surface area contributed by atoms with E-state index in [4.69, 9.17) is 0 Å². The molecule has 84 valence electrons. The van der Waals surface area contributed by atoms with Gasteiger partial charge in [0.15, 0.2) is 23.3 Å². The molecule has 0 saturated heterocycles. The minimum atomic E-state index is -0.973. The summed E-state index contributed by atoms with van der Waals surface area (Å²) < 4.78 is 51.2. The van der Waals surface area contributed by atoms with Crippen LogP contribution >= 0.6 is 22.7 Å². The lowest BCUT2D eigenvalue weighted by atomic mass is 10.3. The predicted octanol–water partition coefficient (Wildman–Crippen LogP) is 4.54. The highest BCUT2D eigenvalue weighted by molar-refractivity contribution is 7.11. The van der Waals surface area contributed by atoms with Crippen molar-refractivity contribution in [3.8, 4) is 0 Å². The lowest BCUT2D eigenvalue weighted by Gasteiger charge is -1.87. The van der Waals surface area contributed by atoms with E-state index in [0.29, 0.717) is 0 Å². The van der Waals surface area contributed by atoms with Crippen molar-refractivity contribution >= 4 is 34.8 Å². The van der Waals surface area contributed by atoms with Crippen LogP contribution in [0.1, 0.15) is 9.75 Å². The summed E-state index contributed by atoms with van der Waals surface area (Å²) in [4.78, 5) is 0.0939. The molecule has 0 saturated carbocycles. The quantitative estimate of drug-likeness (QED) is 0.699. The number of rotatable bonds is 2. The van der Waals surface area contributed by atoms with Crippen LogP contribution in [0, 0.1) is 23.3 Å². The summed E-state index contributed by atoms with van der Waals surface area (Å²) in [6.07, 6.45) is 2.44. The summed E-state index contributed by atoms with van der Waals surface area (Å²) in [6, 6.07) is 0. The van der Waals surface area contributed by atoms with Gasteiger partial charge in [-0.1, -0.05) is 0 Å². The van der Waals surface area contributed by atoms with Crippen molar-refractivity contribution in [3.63, 3.8) is 0 Å². The molecule has 2 aromatic rings. The van der Waals surface area contributed by atoms with Gasteiger partial charge in [-0.25, -0.2) is 17.6 Å². The monoisotopic (exact) mass is 264 g/mol. The fourth-order valence-electron chi connectivity index (χ4n) is 1.05. The van der Waals surface area contributed by atoms with Crippen molar-refractivity contribution in [2.45, 2.75) is 0 Å². The molecule has 0 atom stereocenters. The van der Waals surface area contributed by atoms with Crippen LogP contribution in [0.25, 0.3) is 12.2 Å². The first kappa shape index (κ1) is 11.3. The van der Waals surface area contributed by atoms with Gasteiger partial charge in [-0.2, -0.15) is 0 Å². The minimum absolute atomic E-state index is 0.0470. The molecule has 0 aliphatic rings. The molecule has 2 heterocycles. The zero-order valence-electron chi connectivity index (χ0n) is 7.64. The van der Waals surface area contributed by atoms with E-state index in [2.05, 4.69) is 0 Å². The fraction of sp³-hybridized carbons (Fsp3) is 0. The molecule has 0 radical (unpaired) electrons. The summed E-state index contributed by atoms with van der Waals surface area (Å²) in [5.41, 5.74) is 0. The van der Waals surface area contributed by atoms with Crippen LogP contribution in [0.15, 0.2) is 10.8 Å². The SMILES string of the molecule is Fc1csc(/C=C/c2scc(F)c2F)c1F. The van der Waals surface area contributed by atoms with Gasteiger partial charge < -0.3 is 0 Å². The average Bonchev–Trinajstić information content (AvgIpc) is 2.74. The molecule has 0 aliphatic heterocycles. The van der Waals surface area contributed by atoms with E-state index in [-0.39, 0.29) is 9.75 Å². The molecule has 2 rings (SSSR count). The maximum absolute atomic E-state index is 13.0. The fourth-order valence-corrected chi connectivity index (χ4v) is 2.41. The van der Waals surface area contributed by atoms with E-state index in [9.17, 15) is 17.6 Å². The molecule has 0 aliphatic carbocycles. The topological polar surface area (TPSA) is 0 Å². The molecule has 2 aromatic heterocycles. The van der Waals surface area contributed by atoms with E-state index in [0.717, 1.165) is 33.4 Å². The Morgan fingerprint density at radius 3 is 1.38 bits per heavy atom. The smallest absolute Gasteiger partial charge is 0.176 e. The second-order valence-corrected chi connectivity index (χ2v) is 4.68. The third-order valence-corrected chi connectivity index (χ3v) is 3.60. The van der Waals surface area contributed by atoms with Crippen molar-refractivity contribution in [1.29, 1.82) is 0 Å². The Morgan fingerprint density at radius 2 is 1.12 bits per heavy atom. The molecule has 0 spiro atoms. The normalized spacial score (nSPS) is 11.5. The van der Waals surface area contributed by atoms with Gasteiger partial charge in [0.2, 0.25) is 0 Å². The zero-order chi connectivity index (χ0) is 11.7. The predicted molar refractivity (Wildman–Crippen MR) is 57.4 cm³/mol. The lowest BCUT2D eigenvalue weighted by molar-refractivity contribution is 0.514. The molecule has 0 unspecified atom stereocenters. The van der Waals surface area contributed by atoms with Crippen LogP contribution in [0.4, 0.5) is 17.6 Å². The third-order valence-electron chi connectivity index (χ3n) is 1.82. The summed E-state index contributed by atoms with van der Waals surface area (Å²) in [5, 5.41) is 2.03. The van der Waals surface area contributed by atoms with Gasteiger partial charge in [-0.05, 0) is 12.2 Å². The Morgan fingerprint density at radius 1 is 0.750 bits per heavy atom. The van der Waals surface area contributed by atoms with Crippen LogP contribution in [0.3, 0.4) is 0 Å². The van der Waals surface area contributed by atoms with Gasteiger partial charge in [0.1, 0.15) is 0 Å². The largest absolute Gasteiger partial charge is 0.203 e. The van der Waals surface area contributed by atoms with Gasteiger partial charge in [0.05, 0.1) is 9.75 Å². The Bertz CT molecular complexity index is 491. The highest BCUT2D eigenvalue weighted by Gasteiger charge is 2.10. The summed E-state index contributed by atoms with van der Waals surface area (Å²) in [7, 11) is 0. The Hall–Kier alpha value is -1.14. The van der Waals surface area contributed by atoms with E-state index < -0.39 is 23.3 Å². The maximum Gasteiger partial charge on any atom is 0.176 e. The van der Waals surface area contributed by atoms with Gasteiger partial charge >= 0.3 is 0 Å².